The zero-order chi connectivity index (χ0) is 15.1. The number of carboxylic acid groups (broad SMARTS) is 1. The fraction of sp³-hybridized carbons (Fsp3) is 0.375. The highest BCUT2D eigenvalue weighted by atomic mass is 16.4. The van der Waals surface area contributed by atoms with Gasteiger partial charge in [0.2, 0.25) is 0 Å². The van der Waals surface area contributed by atoms with E-state index in [-0.39, 0.29) is 18.5 Å². The second kappa shape index (κ2) is 7.47. The third-order valence-electron chi connectivity index (χ3n) is 3.49. The zero-order valence-corrected chi connectivity index (χ0v) is 11.9. The molecule has 2 amide bonds. The van der Waals surface area contributed by atoms with Crippen LogP contribution in [-0.2, 0) is 4.79 Å². The molecule has 1 heterocycles. The number of hydrogen-bond acceptors (Lipinski definition) is 2. The third-order valence-corrected chi connectivity index (χ3v) is 3.49. The Labute approximate surface area is 124 Å². The lowest BCUT2D eigenvalue weighted by Crippen LogP contribution is -2.43. The molecule has 21 heavy (non-hydrogen) atoms. The minimum absolute atomic E-state index is 0.0275. The summed E-state index contributed by atoms with van der Waals surface area (Å²) in [6.45, 7) is 1.30. The number of carbonyl (C=O) groups is 2. The van der Waals surface area contributed by atoms with E-state index < -0.39 is 5.97 Å². The fourth-order valence-corrected chi connectivity index (χ4v) is 2.34. The van der Waals surface area contributed by atoms with E-state index in [0.29, 0.717) is 19.5 Å². The average molecular weight is 288 g/mol. The Balaban J connectivity index is 2.02. The van der Waals surface area contributed by atoms with Gasteiger partial charge in [0.25, 0.3) is 0 Å². The van der Waals surface area contributed by atoms with Crippen LogP contribution in [0.2, 0.25) is 0 Å². The Morgan fingerprint density at radius 1 is 1.24 bits per heavy atom. The highest BCUT2D eigenvalue weighted by Crippen LogP contribution is 2.19. The Hall–Kier alpha value is -2.30. The minimum atomic E-state index is -0.855. The van der Waals surface area contributed by atoms with Crippen molar-refractivity contribution >= 4 is 12.0 Å². The lowest BCUT2D eigenvalue weighted by atomic mass is 10.0. The molecule has 0 fully saturated rings. The molecule has 0 bridgehead atoms. The Morgan fingerprint density at radius 3 is 2.62 bits per heavy atom. The predicted octanol–water partition coefficient (Wildman–Crippen LogP) is 2.56. The Morgan fingerprint density at radius 2 is 2.00 bits per heavy atom. The quantitative estimate of drug-likeness (QED) is 0.818. The number of urea groups is 1. The van der Waals surface area contributed by atoms with E-state index in [1.807, 2.05) is 36.4 Å². The number of aliphatic carboxylic acids is 1. The second-order valence-electron chi connectivity index (χ2n) is 5.05. The summed E-state index contributed by atoms with van der Waals surface area (Å²) in [5.74, 6) is -0.855. The van der Waals surface area contributed by atoms with Crippen LogP contribution < -0.4 is 5.32 Å². The molecule has 1 aliphatic heterocycles. The van der Waals surface area contributed by atoms with Crippen LogP contribution in [0, 0.1) is 0 Å². The van der Waals surface area contributed by atoms with E-state index in [9.17, 15) is 9.59 Å². The molecule has 0 saturated carbocycles. The predicted molar refractivity (Wildman–Crippen MR) is 79.9 cm³/mol. The summed E-state index contributed by atoms with van der Waals surface area (Å²) in [6.07, 6.45) is 5.30. The van der Waals surface area contributed by atoms with E-state index in [4.69, 9.17) is 5.11 Å². The number of amides is 2. The molecular formula is C16H20N2O3. The van der Waals surface area contributed by atoms with E-state index in [1.165, 1.54) is 0 Å². The van der Waals surface area contributed by atoms with Crippen molar-refractivity contribution in [3.63, 3.8) is 0 Å². The van der Waals surface area contributed by atoms with Crippen molar-refractivity contribution < 1.29 is 14.7 Å². The molecule has 0 aromatic heterocycles. The number of nitrogens with one attached hydrogen (secondary N) is 1. The highest BCUT2D eigenvalue weighted by Gasteiger charge is 2.20. The normalized spacial score (nSPS) is 15.5. The molecule has 0 radical (unpaired) electrons. The van der Waals surface area contributed by atoms with E-state index in [2.05, 4.69) is 11.4 Å². The first-order chi connectivity index (χ1) is 10.2. The molecule has 1 aliphatic rings. The average Bonchev–Trinajstić information content (AvgIpc) is 2.52. The largest absolute Gasteiger partial charge is 0.481 e. The SMILES string of the molecule is O=C(O)CCC(NC(=O)N1CC=CCC1)c1ccccc1. The molecule has 5 heteroatoms. The summed E-state index contributed by atoms with van der Waals surface area (Å²) in [5, 5.41) is 11.8. The number of carboxylic acids is 1. The summed E-state index contributed by atoms with van der Waals surface area (Å²) in [7, 11) is 0. The lowest BCUT2D eigenvalue weighted by molar-refractivity contribution is -0.137. The second-order valence-corrected chi connectivity index (χ2v) is 5.05. The number of carbonyl (C=O) groups excluding carboxylic acids is 1. The van der Waals surface area contributed by atoms with Gasteiger partial charge >= 0.3 is 12.0 Å². The molecule has 2 N–H and O–H groups in total. The first kappa shape index (κ1) is 15.1. The Kier molecular flexibility index (Phi) is 5.37. The van der Waals surface area contributed by atoms with Gasteiger partial charge in [0.15, 0.2) is 0 Å². The number of rotatable bonds is 5. The summed E-state index contributed by atoms with van der Waals surface area (Å²) in [4.78, 5) is 24.8. The summed E-state index contributed by atoms with van der Waals surface area (Å²) in [5.41, 5.74) is 0.930. The van der Waals surface area contributed by atoms with Gasteiger partial charge in [-0.25, -0.2) is 4.79 Å². The van der Waals surface area contributed by atoms with Gasteiger partial charge in [0.1, 0.15) is 0 Å². The monoisotopic (exact) mass is 288 g/mol. The van der Waals surface area contributed by atoms with Gasteiger partial charge in [-0.05, 0) is 18.4 Å². The van der Waals surface area contributed by atoms with Crippen molar-refractivity contribution in [2.45, 2.75) is 25.3 Å². The first-order valence-corrected chi connectivity index (χ1v) is 7.14. The molecule has 0 spiro atoms. The zero-order valence-electron chi connectivity index (χ0n) is 11.9. The number of benzene rings is 1. The summed E-state index contributed by atoms with van der Waals surface area (Å²) < 4.78 is 0. The Bertz CT molecular complexity index is 514. The van der Waals surface area contributed by atoms with Crippen LogP contribution in [-0.4, -0.2) is 35.1 Å². The van der Waals surface area contributed by atoms with Crippen molar-refractivity contribution in [3.05, 3.63) is 48.0 Å². The van der Waals surface area contributed by atoms with Crippen molar-refractivity contribution in [1.29, 1.82) is 0 Å². The van der Waals surface area contributed by atoms with Crippen LogP contribution in [0.15, 0.2) is 42.5 Å². The van der Waals surface area contributed by atoms with E-state index in [0.717, 1.165) is 12.0 Å². The molecule has 0 aliphatic carbocycles. The van der Waals surface area contributed by atoms with Crippen LogP contribution in [0.1, 0.15) is 30.9 Å². The maximum atomic E-state index is 12.3. The molecule has 0 saturated heterocycles. The van der Waals surface area contributed by atoms with Crippen LogP contribution in [0.3, 0.4) is 0 Å². The first-order valence-electron chi connectivity index (χ1n) is 7.14. The molecule has 1 aromatic carbocycles. The molecule has 2 rings (SSSR count). The van der Waals surface area contributed by atoms with Crippen molar-refractivity contribution in [2.24, 2.45) is 0 Å². The van der Waals surface area contributed by atoms with Gasteiger partial charge in [0, 0.05) is 19.5 Å². The topological polar surface area (TPSA) is 69.6 Å². The highest BCUT2D eigenvalue weighted by molar-refractivity contribution is 5.75. The third kappa shape index (κ3) is 4.63. The van der Waals surface area contributed by atoms with Gasteiger partial charge in [-0.1, -0.05) is 42.5 Å². The van der Waals surface area contributed by atoms with Gasteiger partial charge < -0.3 is 15.3 Å². The van der Waals surface area contributed by atoms with Crippen LogP contribution in [0.5, 0.6) is 0 Å². The molecular weight excluding hydrogens is 268 g/mol. The maximum absolute atomic E-state index is 12.3. The van der Waals surface area contributed by atoms with Gasteiger partial charge in [-0.2, -0.15) is 0 Å². The van der Waals surface area contributed by atoms with Crippen molar-refractivity contribution in [2.75, 3.05) is 13.1 Å². The fourth-order valence-electron chi connectivity index (χ4n) is 2.34. The van der Waals surface area contributed by atoms with E-state index in [1.54, 1.807) is 4.90 Å². The van der Waals surface area contributed by atoms with Crippen molar-refractivity contribution in [3.8, 4) is 0 Å². The van der Waals surface area contributed by atoms with E-state index >= 15 is 0 Å². The number of hydrogen-bond donors (Lipinski definition) is 2. The standard InChI is InChI=1S/C16H20N2O3/c19-15(20)10-9-14(13-7-3-1-4-8-13)17-16(21)18-11-5-2-6-12-18/h1-5,7-8,14H,6,9-12H2,(H,17,21)(H,19,20). The van der Waals surface area contributed by atoms with Gasteiger partial charge in [-0.3, -0.25) is 4.79 Å². The maximum Gasteiger partial charge on any atom is 0.318 e. The molecule has 1 unspecified atom stereocenters. The minimum Gasteiger partial charge on any atom is -0.481 e. The summed E-state index contributed by atoms with van der Waals surface area (Å²) in [6, 6.07) is 9.07. The molecule has 1 atom stereocenters. The lowest BCUT2D eigenvalue weighted by Gasteiger charge is -2.27. The van der Waals surface area contributed by atoms with Crippen molar-refractivity contribution in [1.82, 2.24) is 10.2 Å². The molecule has 1 aromatic rings. The van der Waals surface area contributed by atoms with Crippen LogP contribution in [0.25, 0.3) is 0 Å². The van der Waals surface area contributed by atoms with Crippen LogP contribution in [0.4, 0.5) is 4.79 Å². The molecule has 112 valence electrons. The van der Waals surface area contributed by atoms with Crippen LogP contribution >= 0.6 is 0 Å². The molecule has 5 nitrogen and oxygen atoms in total. The van der Waals surface area contributed by atoms with Gasteiger partial charge in [-0.15, -0.1) is 0 Å². The number of nitrogens with zero attached hydrogens (tertiary/aromatic N) is 1. The smallest absolute Gasteiger partial charge is 0.318 e. The van der Waals surface area contributed by atoms with Gasteiger partial charge in [0.05, 0.1) is 6.04 Å². The summed E-state index contributed by atoms with van der Waals surface area (Å²) >= 11 is 0.